The Balaban J connectivity index is 1.38. The van der Waals surface area contributed by atoms with E-state index in [1.54, 1.807) is 36.8 Å². The van der Waals surface area contributed by atoms with Crippen molar-refractivity contribution in [2.45, 2.75) is 32.4 Å². The number of imidazole rings is 1. The summed E-state index contributed by atoms with van der Waals surface area (Å²) in [6.07, 6.45) is 1.49. The Morgan fingerprint density at radius 3 is 2.61 bits per heavy atom. The second kappa shape index (κ2) is 10.5. The predicted molar refractivity (Wildman–Crippen MR) is 153 cm³/mol. The van der Waals surface area contributed by atoms with Crippen LogP contribution < -0.4 is 5.32 Å². The lowest BCUT2D eigenvalue weighted by molar-refractivity contribution is -0.143. The number of anilines is 2. The molecule has 2 aromatic carbocycles. The zero-order chi connectivity index (χ0) is 28.9. The summed E-state index contributed by atoms with van der Waals surface area (Å²) in [4.78, 5) is 24.4. The number of halogens is 4. The number of rotatable bonds is 6. The molecule has 1 saturated heterocycles. The van der Waals surface area contributed by atoms with Gasteiger partial charge in [-0.3, -0.25) is 18.7 Å². The van der Waals surface area contributed by atoms with Gasteiger partial charge in [0.25, 0.3) is 5.91 Å². The van der Waals surface area contributed by atoms with Gasteiger partial charge in [-0.05, 0) is 48.7 Å². The standard InChI is InChI=1S/C30H28ClF3N6O/c1-3-19-15-38(17-30(32,33)34)16-21(19)26-13-35-27-14-36-28-25(40(26)27)11-12-39(28)29(41)20-7-4-5-9-24(20)37-23-10-6-8-22(31)18(23)2/h4-14,19,21,37H,3,15-17H2,1-2H3/t19-,21+/m1/s1. The fourth-order valence-corrected chi connectivity index (χ4v) is 6.06. The third-order valence-corrected chi connectivity index (χ3v) is 8.34. The summed E-state index contributed by atoms with van der Waals surface area (Å²) in [6, 6.07) is 14.6. The van der Waals surface area contributed by atoms with E-state index < -0.39 is 12.7 Å². The minimum atomic E-state index is -4.25. The molecule has 3 aromatic heterocycles. The van der Waals surface area contributed by atoms with Gasteiger partial charge < -0.3 is 5.32 Å². The molecule has 2 atom stereocenters. The Morgan fingerprint density at radius 1 is 1.05 bits per heavy atom. The Labute approximate surface area is 239 Å². The van der Waals surface area contributed by atoms with Crippen molar-refractivity contribution in [1.82, 2.24) is 23.8 Å². The van der Waals surface area contributed by atoms with Crippen LogP contribution in [0.15, 0.2) is 67.1 Å². The number of carbonyl (C=O) groups is 1. The summed E-state index contributed by atoms with van der Waals surface area (Å²) in [5, 5.41) is 3.96. The minimum Gasteiger partial charge on any atom is -0.355 e. The van der Waals surface area contributed by atoms with Gasteiger partial charge in [-0.15, -0.1) is 0 Å². The topological polar surface area (TPSA) is 67.5 Å². The number of fused-ring (bicyclic) bond motifs is 3. The molecule has 11 heteroatoms. The predicted octanol–water partition coefficient (Wildman–Crippen LogP) is 7.07. The molecule has 0 radical (unpaired) electrons. The summed E-state index contributed by atoms with van der Waals surface area (Å²) in [5.41, 5.74) is 5.24. The lowest BCUT2D eigenvalue weighted by Gasteiger charge is -2.18. The molecule has 0 unspecified atom stereocenters. The van der Waals surface area contributed by atoms with Crippen molar-refractivity contribution in [2.24, 2.45) is 5.92 Å². The lowest BCUT2D eigenvalue weighted by Crippen LogP contribution is -2.32. The number of nitrogens with zero attached hydrogens (tertiary/aromatic N) is 5. The van der Waals surface area contributed by atoms with Gasteiger partial charge in [-0.1, -0.05) is 43.1 Å². The zero-order valence-corrected chi connectivity index (χ0v) is 23.2. The average molecular weight is 581 g/mol. The molecular weight excluding hydrogens is 553 g/mol. The first kappa shape index (κ1) is 27.3. The fourth-order valence-electron chi connectivity index (χ4n) is 5.88. The summed E-state index contributed by atoms with van der Waals surface area (Å²) in [6.45, 7) is 3.64. The molecule has 0 aliphatic carbocycles. The number of alkyl halides is 3. The fraction of sp³-hybridized carbons (Fsp3) is 0.300. The monoisotopic (exact) mass is 580 g/mol. The third-order valence-electron chi connectivity index (χ3n) is 7.94. The van der Waals surface area contributed by atoms with E-state index in [2.05, 4.69) is 15.3 Å². The number of para-hydroxylation sites is 1. The zero-order valence-electron chi connectivity index (χ0n) is 22.5. The smallest absolute Gasteiger partial charge is 0.355 e. The summed E-state index contributed by atoms with van der Waals surface area (Å²) < 4.78 is 42.9. The van der Waals surface area contributed by atoms with Gasteiger partial charge in [0.1, 0.15) is 0 Å². The minimum absolute atomic E-state index is 0.0529. The van der Waals surface area contributed by atoms with Crippen LogP contribution in [0.4, 0.5) is 24.5 Å². The molecule has 212 valence electrons. The highest BCUT2D eigenvalue weighted by Crippen LogP contribution is 2.37. The molecule has 7 nitrogen and oxygen atoms in total. The van der Waals surface area contributed by atoms with Crippen LogP contribution in [-0.4, -0.2) is 55.6 Å². The van der Waals surface area contributed by atoms with Crippen molar-refractivity contribution in [3.8, 4) is 0 Å². The van der Waals surface area contributed by atoms with Crippen molar-refractivity contribution in [3.63, 3.8) is 0 Å². The molecule has 4 heterocycles. The van der Waals surface area contributed by atoms with Crippen LogP contribution in [0, 0.1) is 12.8 Å². The molecule has 1 aliphatic rings. The average Bonchev–Trinajstić information content (AvgIpc) is 3.66. The number of hydrogen-bond acceptors (Lipinski definition) is 5. The van der Waals surface area contributed by atoms with E-state index in [0.29, 0.717) is 39.6 Å². The molecule has 6 rings (SSSR count). The van der Waals surface area contributed by atoms with Gasteiger partial charge in [-0.2, -0.15) is 13.2 Å². The number of hydrogen-bond donors (Lipinski definition) is 1. The first-order valence-corrected chi connectivity index (χ1v) is 13.8. The van der Waals surface area contributed by atoms with Crippen LogP contribution in [0.2, 0.25) is 5.02 Å². The summed E-state index contributed by atoms with van der Waals surface area (Å²) in [7, 11) is 0. The van der Waals surface area contributed by atoms with E-state index in [1.807, 2.05) is 48.6 Å². The van der Waals surface area contributed by atoms with Crippen molar-refractivity contribution in [2.75, 3.05) is 25.0 Å². The van der Waals surface area contributed by atoms with Gasteiger partial charge >= 0.3 is 6.18 Å². The van der Waals surface area contributed by atoms with Gasteiger partial charge in [0.05, 0.1) is 29.5 Å². The molecule has 1 fully saturated rings. The second-order valence-corrected chi connectivity index (χ2v) is 10.9. The van der Waals surface area contributed by atoms with E-state index in [1.165, 1.54) is 9.47 Å². The second-order valence-electron chi connectivity index (χ2n) is 10.5. The molecule has 0 spiro atoms. The Kier molecular flexibility index (Phi) is 6.99. The van der Waals surface area contributed by atoms with Gasteiger partial charge in [-0.25, -0.2) is 9.97 Å². The number of benzene rings is 2. The highest BCUT2D eigenvalue weighted by Gasteiger charge is 2.40. The number of nitrogens with one attached hydrogen (secondary N) is 1. The van der Waals surface area contributed by atoms with Crippen molar-refractivity contribution < 1.29 is 18.0 Å². The summed E-state index contributed by atoms with van der Waals surface area (Å²) >= 11 is 6.30. The lowest BCUT2D eigenvalue weighted by atomic mass is 9.91. The van der Waals surface area contributed by atoms with E-state index in [9.17, 15) is 18.0 Å². The number of carbonyl (C=O) groups excluding carboxylic acids is 1. The molecule has 5 aromatic rings. The Hall–Kier alpha value is -3.89. The Bertz CT molecular complexity index is 1760. The molecule has 0 amide bonds. The third kappa shape index (κ3) is 5.06. The Morgan fingerprint density at radius 2 is 1.83 bits per heavy atom. The van der Waals surface area contributed by atoms with Crippen molar-refractivity contribution in [3.05, 3.63) is 89.0 Å². The number of aromatic nitrogens is 4. The molecule has 1 N–H and O–H groups in total. The maximum Gasteiger partial charge on any atom is 0.401 e. The van der Waals surface area contributed by atoms with E-state index in [4.69, 9.17) is 11.6 Å². The van der Waals surface area contributed by atoms with Crippen LogP contribution in [0.3, 0.4) is 0 Å². The summed E-state index contributed by atoms with van der Waals surface area (Å²) in [5.74, 6) is -0.357. The largest absolute Gasteiger partial charge is 0.401 e. The normalized spacial score (nSPS) is 18.0. The number of likely N-dealkylation sites (tertiary alicyclic amines) is 1. The van der Waals surface area contributed by atoms with E-state index in [0.717, 1.165) is 23.4 Å². The van der Waals surface area contributed by atoms with Gasteiger partial charge in [0.2, 0.25) is 0 Å². The van der Waals surface area contributed by atoms with Crippen LogP contribution in [0.5, 0.6) is 0 Å². The van der Waals surface area contributed by atoms with Gasteiger partial charge in [0.15, 0.2) is 11.3 Å². The van der Waals surface area contributed by atoms with Crippen LogP contribution in [0.25, 0.3) is 16.8 Å². The first-order chi connectivity index (χ1) is 19.6. The molecule has 0 bridgehead atoms. The van der Waals surface area contributed by atoms with Crippen LogP contribution >= 0.6 is 11.6 Å². The van der Waals surface area contributed by atoms with Crippen LogP contribution in [-0.2, 0) is 0 Å². The van der Waals surface area contributed by atoms with Crippen LogP contribution in [0.1, 0.15) is 40.9 Å². The molecule has 1 aliphatic heterocycles. The molecular formula is C30H28ClF3N6O. The van der Waals surface area contributed by atoms with E-state index >= 15 is 0 Å². The van der Waals surface area contributed by atoms with E-state index in [-0.39, 0.29) is 24.3 Å². The highest BCUT2D eigenvalue weighted by atomic mass is 35.5. The molecule has 0 saturated carbocycles. The SMILES string of the molecule is CC[C@@H]1CN(CC(F)(F)F)C[C@@H]1c1cnc2cnc3c(ccn3C(=O)c3ccccc3Nc3cccc(Cl)c3C)n12. The quantitative estimate of drug-likeness (QED) is 0.233. The van der Waals surface area contributed by atoms with Gasteiger partial charge in [0, 0.05) is 47.8 Å². The first-order valence-electron chi connectivity index (χ1n) is 13.4. The highest BCUT2D eigenvalue weighted by molar-refractivity contribution is 6.31. The molecule has 41 heavy (non-hydrogen) atoms. The van der Waals surface area contributed by atoms with Crippen molar-refractivity contribution in [1.29, 1.82) is 0 Å². The maximum absolute atomic E-state index is 13.9. The maximum atomic E-state index is 13.9. The van der Waals surface area contributed by atoms with Crippen molar-refractivity contribution >= 4 is 45.7 Å².